The number of hydrogen-bond donors (Lipinski definition) is 1. The molecule has 2 aromatic carbocycles. The van der Waals surface area contributed by atoms with Crippen LogP contribution >= 0.6 is 0 Å². The first-order chi connectivity index (χ1) is 12.9. The van der Waals surface area contributed by atoms with Crippen LogP contribution in [0.25, 0.3) is 11.1 Å². The van der Waals surface area contributed by atoms with Crippen molar-refractivity contribution in [2.75, 3.05) is 17.9 Å². The molecule has 8 nitrogen and oxygen atoms in total. The van der Waals surface area contributed by atoms with Gasteiger partial charge in [-0.1, -0.05) is 18.2 Å². The molecule has 0 aliphatic carbocycles. The van der Waals surface area contributed by atoms with Crippen molar-refractivity contribution in [3.63, 3.8) is 0 Å². The van der Waals surface area contributed by atoms with Crippen LogP contribution in [0.2, 0.25) is 0 Å². The summed E-state index contributed by atoms with van der Waals surface area (Å²) in [6.07, 6.45) is 0. The third-order valence-corrected chi connectivity index (χ3v) is 6.04. The first-order valence-electron chi connectivity index (χ1n) is 8.30. The Bertz CT molecular complexity index is 1130. The van der Waals surface area contributed by atoms with Gasteiger partial charge in [-0.3, -0.25) is 13.7 Å². The molecule has 3 aromatic rings. The van der Waals surface area contributed by atoms with E-state index < -0.39 is 15.8 Å². The highest BCUT2D eigenvalue weighted by Crippen LogP contribution is 2.25. The number of likely N-dealkylation sites (N-methyl/N-ethyl adjacent to an activating group) is 1. The summed E-state index contributed by atoms with van der Waals surface area (Å²) in [6.45, 7) is 1.77. The number of benzene rings is 2. The summed E-state index contributed by atoms with van der Waals surface area (Å²) in [6, 6.07) is 12.9. The first kappa shape index (κ1) is 18.7. The SMILES string of the molecule is CCN(c1ccccc1)S(=O)(=O)c1ccc2c(c1)oc(=O)n2CC(=O)NC. The summed E-state index contributed by atoms with van der Waals surface area (Å²) < 4.78 is 33.7. The molecule has 1 aromatic heterocycles. The van der Waals surface area contributed by atoms with Crippen molar-refractivity contribution in [1.29, 1.82) is 0 Å². The molecule has 1 amide bonds. The molecule has 0 aliphatic heterocycles. The lowest BCUT2D eigenvalue weighted by molar-refractivity contribution is -0.121. The zero-order valence-electron chi connectivity index (χ0n) is 14.9. The Labute approximate surface area is 156 Å². The number of aromatic nitrogens is 1. The molecule has 1 N–H and O–H groups in total. The number of rotatable bonds is 6. The van der Waals surface area contributed by atoms with Gasteiger partial charge in [-0.15, -0.1) is 0 Å². The molecule has 0 spiro atoms. The molecule has 3 rings (SSSR count). The van der Waals surface area contributed by atoms with Gasteiger partial charge in [-0.05, 0) is 31.2 Å². The monoisotopic (exact) mass is 389 g/mol. The molecule has 9 heteroatoms. The average Bonchev–Trinajstić information content (AvgIpc) is 2.97. The van der Waals surface area contributed by atoms with Gasteiger partial charge < -0.3 is 9.73 Å². The third kappa shape index (κ3) is 3.45. The fourth-order valence-electron chi connectivity index (χ4n) is 2.79. The Kier molecular flexibility index (Phi) is 5.04. The molecule has 0 atom stereocenters. The predicted molar refractivity (Wildman–Crippen MR) is 101 cm³/mol. The Morgan fingerprint density at radius 3 is 2.52 bits per heavy atom. The Hall–Kier alpha value is -3.07. The van der Waals surface area contributed by atoms with Gasteiger partial charge in [0.15, 0.2) is 5.58 Å². The van der Waals surface area contributed by atoms with E-state index in [2.05, 4.69) is 5.32 Å². The number of carbonyl (C=O) groups is 1. The summed E-state index contributed by atoms with van der Waals surface area (Å²) in [5, 5.41) is 2.43. The van der Waals surface area contributed by atoms with Crippen LogP contribution < -0.4 is 15.4 Å². The van der Waals surface area contributed by atoms with E-state index >= 15 is 0 Å². The molecule has 0 fully saturated rings. The molecule has 27 heavy (non-hydrogen) atoms. The van der Waals surface area contributed by atoms with Crippen LogP contribution in [0.5, 0.6) is 0 Å². The molecule has 0 bridgehead atoms. The Morgan fingerprint density at radius 2 is 1.89 bits per heavy atom. The van der Waals surface area contributed by atoms with Gasteiger partial charge in [0.2, 0.25) is 5.91 Å². The second-order valence-corrected chi connectivity index (χ2v) is 7.62. The third-order valence-electron chi connectivity index (χ3n) is 4.14. The zero-order chi connectivity index (χ0) is 19.6. The predicted octanol–water partition coefficient (Wildman–Crippen LogP) is 1.56. The summed E-state index contributed by atoms with van der Waals surface area (Å²) in [5.41, 5.74) is 0.998. The fourth-order valence-corrected chi connectivity index (χ4v) is 4.28. The lowest BCUT2D eigenvalue weighted by Crippen LogP contribution is -2.30. The van der Waals surface area contributed by atoms with Crippen molar-refractivity contribution in [3.05, 3.63) is 59.1 Å². The summed E-state index contributed by atoms with van der Waals surface area (Å²) in [4.78, 5) is 23.6. The number of nitrogens with one attached hydrogen (secondary N) is 1. The van der Waals surface area contributed by atoms with Gasteiger partial charge in [0.05, 0.1) is 16.1 Å². The van der Waals surface area contributed by atoms with Crippen molar-refractivity contribution >= 4 is 32.7 Å². The van der Waals surface area contributed by atoms with Crippen LogP contribution in [0.1, 0.15) is 6.92 Å². The molecule has 1 heterocycles. The van der Waals surface area contributed by atoms with E-state index in [-0.39, 0.29) is 29.5 Å². The van der Waals surface area contributed by atoms with E-state index in [4.69, 9.17) is 4.42 Å². The normalized spacial score (nSPS) is 11.5. The quantitative estimate of drug-likeness (QED) is 0.689. The number of fused-ring (bicyclic) bond motifs is 1. The van der Waals surface area contributed by atoms with Gasteiger partial charge in [-0.2, -0.15) is 0 Å². The van der Waals surface area contributed by atoms with E-state index in [0.29, 0.717) is 11.2 Å². The molecule has 0 aliphatic rings. The smallest absolute Gasteiger partial charge is 0.408 e. The molecular formula is C18H19N3O5S. The zero-order valence-corrected chi connectivity index (χ0v) is 15.7. The highest BCUT2D eigenvalue weighted by atomic mass is 32.2. The van der Waals surface area contributed by atoms with Gasteiger partial charge in [0.1, 0.15) is 6.54 Å². The van der Waals surface area contributed by atoms with Crippen LogP contribution in [0.15, 0.2) is 62.6 Å². The van der Waals surface area contributed by atoms with E-state index in [1.54, 1.807) is 37.3 Å². The summed E-state index contributed by atoms with van der Waals surface area (Å²) in [5.74, 6) is -1.09. The topological polar surface area (TPSA) is 102 Å². The van der Waals surface area contributed by atoms with Crippen molar-refractivity contribution < 1.29 is 17.6 Å². The second kappa shape index (κ2) is 7.28. The van der Waals surface area contributed by atoms with E-state index in [0.717, 1.165) is 4.57 Å². The van der Waals surface area contributed by atoms with Crippen molar-refractivity contribution in [3.8, 4) is 0 Å². The largest absolute Gasteiger partial charge is 0.420 e. The average molecular weight is 389 g/mol. The number of hydrogen-bond acceptors (Lipinski definition) is 5. The summed E-state index contributed by atoms with van der Waals surface area (Å²) >= 11 is 0. The molecular weight excluding hydrogens is 370 g/mol. The second-order valence-electron chi connectivity index (χ2n) is 5.76. The summed E-state index contributed by atoms with van der Waals surface area (Å²) in [7, 11) is -2.38. The number of nitrogens with zero attached hydrogens (tertiary/aromatic N) is 2. The maximum absolute atomic E-state index is 13.1. The van der Waals surface area contributed by atoms with Crippen LogP contribution in [0.4, 0.5) is 5.69 Å². The van der Waals surface area contributed by atoms with Crippen molar-refractivity contribution in [2.24, 2.45) is 0 Å². The fraction of sp³-hybridized carbons (Fsp3) is 0.222. The number of para-hydroxylation sites is 1. The van der Waals surface area contributed by atoms with Gasteiger partial charge in [0, 0.05) is 19.7 Å². The van der Waals surface area contributed by atoms with E-state index in [1.165, 1.54) is 29.6 Å². The van der Waals surface area contributed by atoms with Crippen LogP contribution in [0, 0.1) is 0 Å². The molecule has 0 unspecified atom stereocenters. The van der Waals surface area contributed by atoms with Gasteiger partial charge in [-0.25, -0.2) is 13.2 Å². The molecule has 142 valence electrons. The molecule has 0 saturated heterocycles. The lowest BCUT2D eigenvalue weighted by Gasteiger charge is -2.22. The highest BCUT2D eigenvalue weighted by molar-refractivity contribution is 7.92. The maximum atomic E-state index is 13.1. The minimum absolute atomic E-state index is 0.00143. The standard InChI is InChI=1S/C18H19N3O5S/c1-3-21(13-7-5-4-6-8-13)27(24,25)14-9-10-15-16(11-14)26-18(23)20(15)12-17(22)19-2/h4-11H,3,12H2,1-2H3,(H,19,22). The molecule has 0 saturated carbocycles. The van der Waals surface area contributed by atoms with Crippen molar-refractivity contribution in [1.82, 2.24) is 9.88 Å². The maximum Gasteiger partial charge on any atom is 0.420 e. The van der Waals surface area contributed by atoms with E-state index in [9.17, 15) is 18.0 Å². The lowest BCUT2D eigenvalue weighted by atomic mass is 10.3. The van der Waals surface area contributed by atoms with Crippen molar-refractivity contribution in [2.45, 2.75) is 18.4 Å². The Morgan fingerprint density at radius 1 is 1.19 bits per heavy atom. The number of sulfonamides is 1. The number of amides is 1. The van der Waals surface area contributed by atoms with Crippen LogP contribution in [-0.4, -0.2) is 32.5 Å². The Balaban J connectivity index is 2.06. The number of oxazole rings is 1. The van der Waals surface area contributed by atoms with Crippen LogP contribution in [0.3, 0.4) is 0 Å². The van der Waals surface area contributed by atoms with Crippen LogP contribution in [-0.2, 0) is 21.4 Å². The minimum atomic E-state index is -3.84. The molecule has 0 radical (unpaired) electrons. The van der Waals surface area contributed by atoms with Gasteiger partial charge >= 0.3 is 5.76 Å². The van der Waals surface area contributed by atoms with E-state index in [1.807, 2.05) is 0 Å². The number of carbonyl (C=O) groups excluding carboxylic acids is 1. The number of anilines is 1. The van der Waals surface area contributed by atoms with Gasteiger partial charge in [0.25, 0.3) is 10.0 Å². The highest BCUT2D eigenvalue weighted by Gasteiger charge is 2.25. The first-order valence-corrected chi connectivity index (χ1v) is 9.74. The minimum Gasteiger partial charge on any atom is -0.408 e.